The fourth-order valence-electron chi connectivity index (χ4n) is 1.80. The molecular weight excluding hydrogens is 362 g/mol. The van der Waals surface area contributed by atoms with Crippen LogP contribution >= 0.6 is 15.9 Å². The van der Waals surface area contributed by atoms with Gasteiger partial charge in [0.1, 0.15) is 5.76 Å². The van der Waals surface area contributed by atoms with E-state index in [9.17, 15) is 9.59 Å². The molecule has 0 aliphatic rings. The maximum atomic E-state index is 12.0. The minimum absolute atomic E-state index is 0.391. The van der Waals surface area contributed by atoms with Crippen LogP contribution in [0.3, 0.4) is 0 Å². The van der Waals surface area contributed by atoms with Crippen molar-refractivity contribution in [3.05, 3.63) is 58.5 Å². The quantitative estimate of drug-likeness (QED) is 0.632. The number of aryl methyl sites for hydroxylation is 1. The summed E-state index contributed by atoms with van der Waals surface area (Å²) in [6.07, 6.45) is 1.77. The van der Waals surface area contributed by atoms with Gasteiger partial charge in [0.15, 0.2) is 10.8 Å². The summed E-state index contributed by atoms with van der Waals surface area (Å²) in [5.41, 5.74) is 1.69. The Balaban J connectivity index is 1.87. The Morgan fingerprint density at radius 1 is 1.30 bits per heavy atom. The third kappa shape index (κ3) is 5.41. The van der Waals surface area contributed by atoms with Gasteiger partial charge in [-0.1, -0.05) is 12.1 Å². The van der Waals surface area contributed by atoms with Crippen LogP contribution in [0.25, 0.3) is 6.08 Å². The molecule has 6 heteroatoms. The number of furan rings is 1. The molecule has 1 atom stereocenters. The number of hydrogen-bond donors (Lipinski definition) is 1. The first-order valence-corrected chi connectivity index (χ1v) is 7.75. The molecule has 0 saturated carbocycles. The number of esters is 1. The van der Waals surface area contributed by atoms with Gasteiger partial charge in [0.05, 0.1) is 0 Å². The van der Waals surface area contributed by atoms with Crippen LogP contribution in [0, 0.1) is 6.92 Å². The predicted molar refractivity (Wildman–Crippen MR) is 90.8 cm³/mol. The maximum Gasteiger partial charge on any atom is 0.331 e. The molecule has 23 heavy (non-hydrogen) atoms. The summed E-state index contributed by atoms with van der Waals surface area (Å²) in [6, 6.07) is 10.8. The lowest BCUT2D eigenvalue weighted by atomic mass is 10.2. The van der Waals surface area contributed by atoms with Crippen molar-refractivity contribution >= 4 is 39.6 Å². The number of halogens is 1. The summed E-state index contributed by atoms with van der Waals surface area (Å²) in [5, 5.41) is 2.70. The lowest BCUT2D eigenvalue weighted by Gasteiger charge is -2.12. The molecule has 0 aliphatic heterocycles. The molecule has 0 saturated heterocycles. The third-order valence-corrected chi connectivity index (χ3v) is 3.35. The molecule has 120 valence electrons. The first-order valence-electron chi connectivity index (χ1n) is 6.95. The Hall–Kier alpha value is -2.34. The van der Waals surface area contributed by atoms with Crippen LogP contribution in [0.5, 0.6) is 0 Å². The second-order valence-corrected chi connectivity index (χ2v) is 5.69. The minimum Gasteiger partial charge on any atom is -0.450 e. The number of carbonyl (C=O) groups excluding carboxylic acids is 2. The van der Waals surface area contributed by atoms with E-state index in [4.69, 9.17) is 9.15 Å². The molecule has 1 N–H and O–H groups in total. The van der Waals surface area contributed by atoms with Gasteiger partial charge < -0.3 is 14.5 Å². The van der Waals surface area contributed by atoms with E-state index in [1.54, 1.807) is 18.2 Å². The zero-order chi connectivity index (χ0) is 16.8. The molecule has 0 bridgehead atoms. The van der Waals surface area contributed by atoms with Crippen LogP contribution in [0.1, 0.15) is 18.2 Å². The zero-order valence-corrected chi connectivity index (χ0v) is 14.3. The summed E-state index contributed by atoms with van der Waals surface area (Å²) in [7, 11) is 0. The number of hydrogen-bond acceptors (Lipinski definition) is 4. The second-order valence-electron chi connectivity index (χ2n) is 4.91. The van der Waals surface area contributed by atoms with Gasteiger partial charge >= 0.3 is 5.97 Å². The zero-order valence-electron chi connectivity index (χ0n) is 12.7. The summed E-state index contributed by atoms with van der Waals surface area (Å²) < 4.78 is 10.8. The van der Waals surface area contributed by atoms with Gasteiger partial charge in [-0.2, -0.15) is 0 Å². The fourth-order valence-corrected chi connectivity index (χ4v) is 2.12. The van der Waals surface area contributed by atoms with E-state index in [-0.39, 0.29) is 0 Å². The largest absolute Gasteiger partial charge is 0.450 e. The van der Waals surface area contributed by atoms with Crippen molar-refractivity contribution in [2.45, 2.75) is 20.0 Å². The molecule has 0 radical (unpaired) electrons. The van der Waals surface area contributed by atoms with E-state index < -0.39 is 18.0 Å². The van der Waals surface area contributed by atoms with E-state index in [0.717, 1.165) is 5.56 Å². The number of benzene rings is 1. The van der Waals surface area contributed by atoms with Crippen LogP contribution in [0.15, 0.2) is 51.6 Å². The van der Waals surface area contributed by atoms with Crippen LogP contribution in [0.2, 0.25) is 0 Å². The third-order valence-electron chi connectivity index (χ3n) is 2.93. The Bertz CT molecular complexity index is 736. The van der Waals surface area contributed by atoms with Gasteiger partial charge in [-0.15, -0.1) is 0 Å². The Kier molecular flexibility index (Phi) is 5.76. The van der Waals surface area contributed by atoms with E-state index in [1.165, 1.54) is 19.1 Å². The molecule has 0 unspecified atom stereocenters. The van der Waals surface area contributed by atoms with Gasteiger partial charge in [-0.25, -0.2) is 4.79 Å². The molecule has 5 nitrogen and oxygen atoms in total. The fraction of sp³-hybridized carbons (Fsp3) is 0.176. The van der Waals surface area contributed by atoms with Gasteiger partial charge in [-0.05, 0) is 65.7 Å². The Labute approximate surface area is 142 Å². The lowest BCUT2D eigenvalue weighted by molar-refractivity contribution is -0.148. The van der Waals surface area contributed by atoms with Crippen molar-refractivity contribution in [2.24, 2.45) is 0 Å². The average molecular weight is 378 g/mol. The highest BCUT2D eigenvalue weighted by atomic mass is 79.9. The summed E-state index contributed by atoms with van der Waals surface area (Å²) in [6.45, 7) is 3.44. The van der Waals surface area contributed by atoms with E-state index in [2.05, 4.69) is 21.2 Å². The van der Waals surface area contributed by atoms with Gasteiger partial charge in [-0.3, -0.25) is 4.79 Å². The standard InChI is InChI=1S/C17H16BrNO4/c1-11-4-3-5-13(10-11)19-17(21)12(2)22-16(20)9-7-14-6-8-15(18)23-14/h3-10,12H,1-2H3,(H,19,21)/b9-7+/t12-/m0/s1. The predicted octanol–water partition coefficient (Wildman–Crippen LogP) is 3.93. The molecule has 1 aromatic carbocycles. The number of ether oxygens (including phenoxy) is 1. The molecule has 2 aromatic rings. The van der Waals surface area contributed by atoms with E-state index in [0.29, 0.717) is 16.1 Å². The van der Waals surface area contributed by atoms with Gasteiger partial charge in [0.2, 0.25) is 0 Å². The highest BCUT2D eigenvalue weighted by molar-refractivity contribution is 9.10. The van der Waals surface area contributed by atoms with Crippen molar-refractivity contribution in [3.63, 3.8) is 0 Å². The number of anilines is 1. The summed E-state index contributed by atoms with van der Waals surface area (Å²) in [4.78, 5) is 23.7. The number of rotatable bonds is 5. The van der Waals surface area contributed by atoms with Crippen molar-refractivity contribution in [1.29, 1.82) is 0 Å². The molecule has 0 spiro atoms. The van der Waals surface area contributed by atoms with Crippen LogP contribution in [0.4, 0.5) is 5.69 Å². The average Bonchev–Trinajstić information content (AvgIpc) is 2.90. The van der Waals surface area contributed by atoms with E-state index in [1.807, 2.05) is 25.1 Å². The van der Waals surface area contributed by atoms with Gasteiger partial charge in [0.25, 0.3) is 5.91 Å². The number of nitrogens with one attached hydrogen (secondary N) is 1. The molecule has 0 aliphatic carbocycles. The Morgan fingerprint density at radius 2 is 2.09 bits per heavy atom. The number of amides is 1. The highest BCUT2D eigenvalue weighted by Crippen LogP contribution is 2.15. The highest BCUT2D eigenvalue weighted by Gasteiger charge is 2.16. The van der Waals surface area contributed by atoms with Crippen LogP contribution in [-0.2, 0) is 14.3 Å². The van der Waals surface area contributed by atoms with Crippen molar-refractivity contribution in [3.8, 4) is 0 Å². The molecule has 1 heterocycles. The lowest BCUT2D eigenvalue weighted by Crippen LogP contribution is -2.29. The van der Waals surface area contributed by atoms with E-state index >= 15 is 0 Å². The molecule has 1 aromatic heterocycles. The molecule has 1 amide bonds. The summed E-state index contributed by atoms with van der Waals surface area (Å²) >= 11 is 3.17. The maximum absolute atomic E-state index is 12.0. The van der Waals surface area contributed by atoms with Crippen LogP contribution < -0.4 is 5.32 Å². The molecular formula is C17H16BrNO4. The number of carbonyl (C=O) groups is 2. The molecule has 2 rings (SSSR count). The first kappa shape index (κ1) is 17.0. The topological polar surface area (TPSA) is 68.5 Å². The van der Waals surface area contributed by atoms with Crippen molar-refractivity contribution in [2.75, 3.05) is 5.32 Å². The SMILES string of the molecule is Cc1cccc(NC(=O)[C@H](C)OC(=O)/C=C/c2ccc(Br)o2)c1. The van der Waals surface area contributed by atoms with Crippen LogP contribution in [-0.4, -0.2) is 18.0 Å². The molecule has 0 fully saturated rings. The first-order chi connectivity index (χ1) is 10.9. The normalized spacial score (nSPS) is 12.1. The summed E-state index contributed by atoms with van der Waals surface area (Å²) in [5.74, 6) is -0.506. The smallest absolute Gasteiger partial charge is 0.331 e. The van der Waals surface area contributed by atoms with Gasteiger partial charge in [0, 0.05) is 11.8 Å². The minimum atomic E-state index is -0.906. The van der Waals surface area contributed by atoms with Crippen molar-refractivity contribution in [1.82, 2.24) is 0 Å². The Morgan fingerprint density at radius 3 is 2.74 bits per heavy atom. The second kappa shape index (κ2) is 7.78. The van der Waals surface area contributed by atoms with Crippen molar-refractivity contribution < 1.29 is 18.7 Å². The monoisotopic (exact) mass is 377 g/mol.